The first-order chi connectivity index (χ1) is 8.56. The van der Waals surface area contributed by atoms with Crippen LogP contribution < -0.4 is 5.32 Å². The average Bonchev–Trinajstić information content (AvgIpc) is 2.34. The van der Waals surface area contributed by atoms with Crippen molar-refractivity contribution in [3.8, 4) is 0 Å². The molecule has 94 valence electrons. The van der Waals surface area contributed by atoms with Crippen molar-refractivity contribution in [1.29, 1.82) is 0 Å². The fraction of sp³-hybridized carbons (Fsp3) is 0.0769. The van der Waals surface area contributed by atoms with E-state index < -0.39 is 0 Å². The molecule has 0 aliphatic heterocycles. The van der Waals surface area contributed by atoms with Gasteiger partial charge < -0.3 is 5.32 Å². The highest BCUT2D eigenvalue weighted by atomic mass is 79.9. The van der Waals surface area contributed by atoms with Gasteiger partial charge in [0.2, 0.25) is 0 Å². The molecule has 0 aliphatic carbocycles. The number of hydrogen-bond acceptors (Lipinski definition) is 1. The van der Waals surface area contributed by atoms with Crippen LogP contribution in [0.15, 0.2) is 49.8 Å². The molecular formula is C13H9Br3ClN. The molecule has 1 nitrogen and oxygen atoms in total. The van der Waals surface area contributed by atoms with Crippen LogP contribution in [0.4, 0.5) is 5.69 Å². The van der Waals surface area contributed by atoms with Crippen LogP contribution in [-0.2, 0) is 6.54 Å². The Labute approximate surface area is 136 Å². The van der Waals surface area contributed by atoms with Gasteiger partial charge >= 0.3 is 0 Å². The van der Waals surface area contributed by atoms with Crippen molar-refractivity contribution < 1.29 is 0 Å². The summed E-state index contributed by atoms with van der Waals surface area (Å²) in [5, 5.41) is 4.12. The maximum absolute atomic E-state index is 6.15. The molecule has 0 saturated heterocycles. The highest BCUT2D eigenvalue weighted by Gasteiger charge is 2.04. The van der Waals surface area contributed by atoms with E-state index in [4.69, 9.17) is 11.6 Å². The lowest BCUT2D eigenvalue weighted by Crippen LogP contribution is -2.00. The second-order valence-electron chi connectivity index (χ2n) is 3.71. The summed E-state index contributed by atoms with van der Waals surface area (Å²) in [7, 11) is 0. The van der Waals surface area contributed by atoms with Gasteiger partial charge in [0.25, 0.3) is 0 Å². The zero-order valence-electron chi connectivity index (χ0n) is 9.18. The van der Waals surface area contributed by atoms with Crippen LogP contribution in [0.5, 0.6) is 0 Å². The number of nitrogens with one attached hydrogen (secondary N) is 1. The van der Waals surface area contributed by atoms with E-state index in [0.717, 1.165) is 29.7 Å². The highest BCUT2D eigenvalue weighted by molar-refractivity contribution is 9.11. The Bertz CT molecular complexity index is 521. The van der Waals surface area contributed by atoms with Gasteiger partial charge in [-0.3, -0.25) is 0 Å². The van der Waals surface area contributed by atoms with Crippen molar-refractivity contribution in [1.82, 2.24) is 0 Å². The van der Waals surface area contributed by atoms with Gasteiger partial charge in [0.1, 0.15) is 0 Å². The molecule has 0 heterocycles. The molecule has 0 bridgehead atoms. The third kappa shape index (κ3) is 3.73. The standard InChI is InChI=1S/C13H9Br3ClN/c14-9-2-4-12(17)8(5-9)7-18-13-6-10(15)1-3-11(13)16/h1-6,18H,7H2. The highest BCUT2D eigenvalue weighted by Crippen LogP contribution is 2.28. The van der Waals surface area contributed by atoms with Crippen LogP contribution >= 0.6 is 59.4 Å². The van der Waals surface area contributed by atoms with Crippen molar-refractivity contribution in [2.75, 3.05) is 5.32 Å². The van der Waals surface area contributed by atoms with Crippen LogP contribution in [0.2, 0.25) is 5.02 Å². The number of halogens is 4. The van der Waals surface area contributed by atoms with E-state index in [2.05, 4.69) is 53.1 Å². The average molecular weight is 454 g/mol. The van der Waals surface area contributed by atoms with Gasteiger partial charge in [0.15, 0.2) is 0 Å². The molecule has 2 aromatic carbocycles. The topological polar surface area (TPSA) is 12.0 Å². The molecule has 2 rings (SSSR count). The van der Waals surface area contributed by atoms with E-state index in [9.17, 15) is 0 Å². The molecule has 0 atom stereocenters. The Balaban J connectivity index is 2.16. The van der Waals surface area contributed by atoms with Crippen molar-refractivity contribution in [2.45, 2.75) is 6.54 Å². The zero-order chi connectivity index (χ0) is 13.1. The smallest absolute Gasteiger partial charge is 0.0498 e. The van der Waals surface area contributed by atoms with E-state index in [1.807, 2.05) is 36.4 Å². The summed E-state index contributed by atoms with van der Waals surface area (Å²) in [4.78, 5) is 0. The summed E-state index contributed by atoms with van der Waals surface area (Å²) >= 11 is 16.6. The van der Waals surface area contributed by atoms with Crippen LogP contribution in [0, 0.1) is 0 Å². The van der Waals surface area contributed by atoms with Crippen LogP contribution in [0.3, 0.4) is 0 Å². The first-order valence-electron chi connectivity index (χ1n) is 5.19. The fourth-order valence-corrected chi connectivity index (χ4v) is 2.84. The van der Waals surface area contributed by atoms with E-state index in [1.165, 1.54) is 0 Å². The van der Waals surface area contributed by atoms with E-state index in [-0.39, 0.29) is 0 Å². The van der Waals surface area contributed by atoms with Gasteiger partial charge in [-0.25, -0.2) is 0 Å². The molecule has 5 heteroatoms. The first kappa shape index (κ1) is 14.4. The zero-order valence-corrected chi connectivity index (χ0v) is 14.7. The third-order valence-corrected chi connectivity index (χ3v) is 4.45. The molecule has 2 aromatic rings. The van der Waals surface area contributed by atoms with Crippen molar-refractivity contribution in [3.63, 3.8) is 0 Å². The second kappa shape index (κ2) is 6.42. The summed E-state index contributed by atoms with van der Waals surface area (Å²) in [6, 6.07) is 11.8. The first-order valence-corrected chi connectivity index (χ1v) is 7.95. The SMILES string of the molecule is Clc1ccc(Br)cc1CNc1cc(Br)ccc1Br. The molecule has 0 radical (unpaired) electrons. The van der Waals surface area contributed by atoms with Crippen LogP contribution in [-0.4, -0.2) is 0 Å². The molecule has 0 saturated carbocycles. The molecular weight excluding hydrogens is 445 g/mol. The van der Waals surface area contributed by atoms with Crippen molar-refractivity contribution >= 4 is 65.1 Å². The minimum absolute atomic E-state index is 0.674. The van der Waals surface area contributed by atoms with Crippen molar-refractivity contribution in [2.24, 2.45) is 0 Å². The van der Waals surface area contributed by atoms with Gasteiger partial charge in [-0.1, -0.05) is 43.5 Å². The second-order valence-corrected chi connectivity index (χ2v) is 6.81. The Morgan fingerprint density at radius 2 is 1.61 bits per heavy atom. The van der Waals surface area contributed by atoms with Crippen LogP contribution in [0.1, 0.15) is 5.56 Å². The predicted molar refractivity (Wildman–Crippen MR) is 88.3 cm³/mol. The van der Waals surface area contributed by atoms with Gasteiger partial charge in [0.05, 0.1) is 0 Å². The Morgan fingerprint density at radius 3 is 2.39 bits per heavy atom. The normalized spacial score (nSPS) is 10.4. The Morgan fingerprint density at radius 1 is 0.944 bits per heavy atom. The summed E-state index contributed by atoms with van der Waals surface area (Å²) in [6.45, 7) is 0.674. The number of benzene rings is 2. The van der Waals surface area contributed by atoms with Gasteiger partial charge in [-0.2, -0.15) is 0 Å². The lowest BCUT2D eigenvalue weighted by molar-refractivity contribution is 1.14. The molecule has 0 aliphatic rings. The van der Waals surface area contributed by atoms with E-state index >= 15 is 0 Å². The minimum atomic E-state index is 0.674. The molecule has 0 amide bonds. The quantitative estimate of drug-likeness (QED) is 0.579. The Kier molecular flexibility index (Phi) is 5.13. The summed E-state index contributed by atoms with van der Waals surface area (Å²) in [5.74, 6) is 0. The van der Waals surface area contributed by atoms with Crippen molar-refractivity contribution in [3.05, 3.63) is 60.4 Å². The van der Waals surface area contributed by atoms with Gasteiger partial charge in [0, 0.05) is 30.7 Å². The number of hydrogen-bond donors (Lipinski definition) is 1. The molecule has 18 heavy (non-hydrogen) atoms. The predicted octanol–water partition coefficient (Wildman–Crippen LogP) is 6.24. The monoisotopic (exact) mass is 451 g/mol. The Hall–Kier alpha value is -0.0300. The van der Waals surface area contributed by atoms with Gasteiger partial charge in [-0.05, 0) is 57.9 Å². The molecule has 0 spiro atoms. The molecule has 0 aromatic heterocycles. The minimum Gasteiger partial charge on any atom is -0.380 e. The number of rotatable bonds is 3. The maximum atomic E-state index is 6.15. The summed E-state index contributed by atoms with van der Waals surface area (Å²) < 4.78 is 3.09. The van der Waals surface area contributed by atoms with E-state index in [1.54, 1.807) is 0 Å². The molecule has 0 fully saturated rings. The largest absolute Gasteiger partial charge is 0.380 e. The van der Waals surface area contributed by atoms with Gasteiger partial charge in [-0.15, -0.1) is 0 Å². The lowest BCUT2D eigenvalue weighted by atomic mass is 10.2. The van der Waals surface area contributed by atoms with Crippen LogP contribution in [0.25, 0.3) is 0 Å². The molecule has 1 N–H and O–H groups in total. The lowest BCUT2D eigenvalue weighted by Gasteiger charge is -2.10. The maximum Gasteiger partial charge on any atom is 0.0498 e. The van der Waals surface area contributed by atoms with E-state index in [0.29, 0.717) is 6.54 Å². The summed E-state index contributed by atoms with van der Waals surface area (Å²) in [5.41, 5.74) is 2.08. The molecule has 0 unspecified atom stereocenters. The summed E-state index contributed by atoms with van der Waals surface area (Å²) in [6.07, 6.45) is 0. The third-order valence-electron chi connectivity index (χ3n) is 2.41. The fourth-order valence-electron chi connectivity index (χ4n) is 1.50. The number of anilines is 1.